The molecule has 1 aliphatic rings. The maximum Gasteiger partial charge on any atom is 0.292 e. The van der Waals surface area contributed by atoms with E-state index >= 15 is 0 Å². The largest absolute Gasteiger partial charge is 0.393 e. The Morgan fingerprint density at radius 1 is 1.56 bits per heavy atom. The van der Waals surface area contributed by atoms with Crippen LogP contribution in [0, 0.1) is 10.1 Å². The van der Waals surface area contributed by atoms with Crippen LogP contribution in [0.5, 0.6) is 0 Å². The maximum absolute atomic E-state index is 12.0. The summed E-state index contributed by atoms with van der Waals surface area (Å²) in [6, 6.07) is 3.97. The van der Waals surface area contributed by atoms with Gasteiger partial charge in [0.25, 0.3) is 11.6 Å². The Morgan fingerprint density at radius 3 is 2.83 bits per heavy atom. The number of hydrogen-bond acceptors (Lipinski definition) is 5. The van der Waals surface area contributed by atoms with Gasteiger partial charge in [-0.25, -0.2) is 0 Å². The number of aliphatic hydroxyl groups excluding tert-OH is 1. The van der Waals surface area contributed by atoms with Gasteiger partial charge in [-0.15, -0.1) is 0 Å². The number of aliphatic hydroxyl groups is 1. The highest BCUT2D eigenvalue weighted by atomic mass is 16.6. The highest BCUT2D eigenvalue weighted by Crippen LogP contribution is 2.24. The van der Waals surface area contributed by atoms with Crippen molar-refractivity contribution < 1.29 is 14.8 Å². The Morgan fingerprint density at radius 2 is 2.28 bits per heavy atom. The Labute approximate surface area is 103 Å². The fourth-order valence-electron chi connectivity index (χ4n) is 1.94. The quantitative estimate of drug-likeness (QED) is 0.448. The number of carbonyl (C=O) groups is 1. The summed E-state index contributed by atoms with van der Waals surface area (Å²) in [5, 5.41) is 20.1. The van der Waals surface area contributed by atoms with Crippen LogP contribution in [0.25, 0.3) is 0 Å². The average molecular weight is 251 g/mol. The molecule has 1 aromatic carbocycles. The first-order chi connectivity index (χ1) is 8.49. The molecule has 1 aromatic rings. The molecule has 2 rings (SSSR count). The number of nitrogens with zero attached hydrogens (tertiary/aromatic N) is 2. The third-order valence-corrected chi connectivity index (χ3v) is 2.92. The zero-order chi connectivity index (χ0) is 13.3. The number of nitro benzene ring substituents is 1. The van der Waals surface area contributed by atoms with Crippen LogP contribution in [0.2, 0.25) is 0 Å². The number of rotatable bonds is 2. The van der Waals surface area contributed by atoms with Gasteiger partial charge in [-0.1, -0.05) is 0 Å². The first kappa shape index (κ1) is 12.3. The zero-order valence-electron chi connectivity index (χ0n) is 9.57. The molecule has 18 heavy (non-hydrogen) atoms. The molecule has 0 saturated carbocycles. The minimum Gasteiger partial charge on any atom is -0.393 e. The van der Waals surface area contributed by atoms with E-state index in [4.69, 9.17) is 5.73 Å². The van der Waals surface area contributed by atoms with Gasteiger partial charge in [-0.2, -0.15) is 0 Å². The number of nitrogen functional groups attached to an aromatic ring is 1. The van der Waals surface area contributed by atoms with Crippen molar-refractivity contribution in [2.75, 3.05) is 18.8 Å². The normalized spacial score (nSPS) is 18.9. The van der Waals surface area contributed by atoms with Crippen molar-refractivity contribution in [3.8, 4) is 0 Å². The van der Waals surface area contributed by atoms with Gasteiger partial charge in [0.15, 0.2) is 0 Å². The van der Waals surface area contributed by atoms with Crippen LogP contribution in [0.4, 0.5) is 11.4 Å². The SMILES string of the molecule is Nc1ccc(C(=O)N2CC[C@@H](O)C2)cc1[N+](=O)[O-]. The second-order valence-electron chi connectivity index (χ2n) is 4.22. The molecule has 1 fully saturated rings. The summed E-state index contributed by atoms with van der Waals surface area (Å²) in [5.41, 5.74) is 5.42. The Kier molecular flexibility index (Phi) is 3.15. The number of nitrogens with two attached hydrogens (primary N) is 1. The Balaban J connectivity index is 2.26. The van der Waals surface area contributed by atoms with Gasteiger partial charge >= 0.3 is 0 Å². The molecule has 1 atom stereocenters. The Hall–Kier alpha value is -2.15. The van der Waals surface area contributed by atoms with Crippen LogP contribution in [-0.2, 0) is 0 Å². The van der Waals surface area contributed by atoms with E-state index in [2.05, 4.69) is 0 Å². The number of carbonyl (C=O) groups excluding carboxylic acids is 1. The van der Waals surface area contributed by atoms with E-state index in [1.807, 2.05) is 0 Å². The van der Waals surface area contributed by atoms with Gasteiger partial charge in [0.05, 0.1) is 11.0 Å². The van der Waals surface area contributed by atoms with Crippen LogP contribution in [0.1, 0.15) is 16.8 Å². The molecule has 1 amide bonds. The molecule has 3 N–H and O–H groups in total. The summed E-state index contributed by atoms with van der Waals surface area (Å²) < 4.78 is 0. The second-order valence-corrected chi connectivity index (χ2v) is 4.22. The lowest BCUT2D eigenvalue weighted by atomic mass is 10.1. The van der Waals surface area contributed by atoms with Crippen molar-refractivity contribution in [1.29, 1.82) is 0 Å². The lowest BCUT2D eigenvalue weighted by Gasteiger charge is -2.15. The predicted octanol–water partition coefficient (Wildman–Crippen LogP) is 0.384. The van der Waals surface area contributed by atoms with Gasteiger partial charge < -0.3 is 15.7 Å². The second kappa shape index (κ2) is 4.61. The number of likely N-dealkylation sites (tertiary alicyclic amines) is 1. The monoisotopic (exact) mass is 251 g/mol. The molecule has 0 bridgehead atoms. The molecular formula is C11H13N3O4. The molecule has 0 aliphatic carbocycles. The van der Waals surface area contributed by atoms with E-state index < -0.39 is 11.0 Å². The average Bonchev–Trinajstić information content (AvgIpc) is 2.75. The highest BCUT2D eigenvalue weighted by Gasteiger charge is 2.26. The summed E-state index contributed by atoms with van der Waals surface area (Å²) in [4.78, 5) is 23.6. The molecule has 0 spiro atoms. The summed E-state index contributed by atoms with van der Waals surface area (Å²) >= 11 is 0. The molecule has 1 aliphatic heterocycles. The molecule has 1 heterocycles. The molecule has 1 saturated heterocycles. The van der Waals surface area contributed by atoms with E-state index in [0.29, 0.717) is 13.0 Å². The molecule has 0 aromatic heterocycles. The molecule has 0 unspecified atom stereocenters. The smallest absolute Gasteiger partial charge is 0.292 e. The van der Waals surface area contributed by atoms with Crippen LogP contribution in [0.3, 0.4) is 0 Å². The van der Waals surface area contributed by atoms with Crippen molar-refractivity contribution in [3.05, 3.63) is 33.9 Å². The fourth-order valence-corrected chi connectivity index (χ4v) is 1.94. The number of hydrogen-bond donors (Lipinski definition) is 2. The van der Waals surface area contributed by atoms with Gasteiger partial charge in [-0.05, 0) is 18.6 Å². The predicted molar refractivity (Wildman–Crippen MR) is 64.0 cm³/mol. The number of amides is 1. The minimum atomic E-state index is -0.620. The number of anilines is 1. The van der Waals surface area contributed by atoms with E-state index in [1.54, 1.807) is 0 Å². The van der Waals surface area contributed by atoms with Gasteiger partial charge in [0.2, 0.25) is 0 Å². The van der Waals surface area contributed by atoms with Crippen LogP contribution in [-0.4, -0.2) is 40.0 Å². The standard InChI is InChI=1S/C11H13N3O4/c12-9-2-1-7(5-10(9)14(17)18)11(16)13-4-3-8(15)6-13/h1-2,5,8,15H,3-4,6,12H2/t8-/m1/s1. The van der Waals surface area contributed by atoms with Crippen molar-refractivity contribution >= 4 is 17.3 Å². The van der Waals surface area contributed by atoms with Crippen molar-refractivity contribution in [2.24, 2.45) is 0 Å². The third kappa shape index (κ3) is 2.25. The van der Waals surface area contributed by atoms with E-state index in [1.165, 1.54) is 23.1 Å². The topological polar surface area (TPSA) is 110 Å². The molecule has 7 heteroatoms. The van der Waals surface area contributed by atoms with Crippen molar-refractivity contribution in [3.63, 3.8) is 0 Å². The third-order valence-electron chi connectivity index (χ3n) is 2.92. The van der Waals surface area contributed by atoms with Crippen LogP contribution < -0.4 is 5.73 Å². The molecular weight excluding hydrogens is 238 g/mol. The van der Waals surface area contributed by atoms with Crippen LogP contribution >= 0.6 is 0 Å². The highest BCUT2D eigenvalue weighted by molar-refractivity contribution is 5.95. The van der Waals surface area contributed by atoms with E-state index in [-0.39, 0.29) is 29.4 Å². The molecule has 0 radical (unpaired) electrons. The first-order valence-electron chi connectivity index (χ1n) is 5.50. The zero-order valence-corrected chi connectivity index (χ0v) is 9.57. The van der Waals surface area contributed by atoms with Crippen LogP contribution in [0.15, 0.2) is 18.2 Å². The summed E-state index contributed by atoms with van der Waals surface area (Å²) in [5.74, 6) is -0.324. The molecule has 7 nitrogen and oxygen atoms in total. The van der Waals surface area contributed by atoms with Crippen molar-refractivity contribution in [2.45, 2.75) is 12.5 Å². The number of benzene rings is 1. The van der Waals surface area contributed by atoms with Crippen molar-refractivity contribution in [1.82, 2.24) is 4.90 Å². The van der Waals surface area contributed by atoms with E-state index in [0.717, 1.165) is 0 Å². The lowest BCUT2D eigenvalue weighted by molar-refractivity contribution is -0.383. The van der Waals surface area contributed by atoms with E-state index in [9.17, 15) is 20.0 Å². The molecule has 96 valence electrons. The summed E-state index contributed by atoms with van der Waals surface area (Å²) in [7, 11) is 0. The van der Waals surface area contributed by atoms with Gasteiger partial charge in [0, 0.05) is 24.7 Å². The van der Waals surface area contributed by atoms with Gasteiger partial charge in [0.1, 0.15) is 5.69 Å². The maximum atomic E-state index is 12.0. The number of β-amino-alcohol motifs (C(OH)–C–C–N with tert-alkyl or cyclic N) is 1. The van der Waals surface area contributed by atoms with Gasteiger partial charge in [-0.3, -0.25) is 14.9 Å². The summed E-state index contributed by atoms with van der Waals surface area (Å²) in [6.45, 7) is 0.717. The lowest BCUT2D eigenvalue weighted by Crippen LogP contribution is -2.29. The number of nitro groups is 1. The minimum absolute atomic E-state index is 0.0259. The first-order valence-corrected chi connectivity index (χ1v) is 5.50. The summed E-state index contributed by atoms with van der Waals surface area (Å²) in [6.07, 6.45) is 0.0146. The fraction of sp³-hybridized carbons (Fsp3) is 0.364. The Bertz CT molecular complexity index is 503.